The Morgan fingerprint density at radius 1 is 0.314 bits per heavy atom. The van der Waals surface area contributed by atoms with Gasteiger partial charge in [-0.15, -0.1) is 0 Å². The summed E-state index contributed by atoms with van der Waals surface area (Å²) in [6.45, 7) is 4.33. The van der Waals surface area contributed by atoms with Crippen molar-refractivity contribution < 1.29 is 42.1 Å². The smallest absolute Gasteiger partial charge is 0.462 e. The lowest BCUT2D eigenvalue weighted by Crippen LogP contribution is -2.37. The first-order chi connectivity index (χ1) is 50.0. The number of carbonyl (C=O) groups is 2. The molecular weight excluding hydrogens is 1280 g/mol. The molecule has 10 heteroatoms. The highest BCUT2D eigenvalue weighted by Crippen LogP contribution is 2.43. The van der Waals surface area contributed by atoms with Crippen molar-refractivity contribution in [2.45, 2.75) is 380 Å². The summed E-state index contributed by atoms with van der Waals surface area (Å²) >= 11 is 0. The third-order valence-corrected chi connectivity index (χ3v) is 19.3. The van der Waals surface area contributed by atoms with Crippen molar-refractivity contribution >= 4 is 19.8 Å². The number of nitrogens with zero attached hydrogens (tertiary/aromatic N) is 1. The van der Waals surface area contributed by atoms with Gasteiger partial charge in [0.05, 0.1) is 27.7 Å². The molecule has 1 N–H and O–H groups in total. The number of likely N-dealkylation sites (N-methyl/N-ethyl adjacent to an activating group) is 1. The van der Waals surface area contributed by atoms with Crippen LogP contribution in [0.15, 0.2) is 146 Å². The Labute approximate surface area is 631 Å². The molecule has 0 aromatic carbocycles. The third-order valence-electron chi connectivity index (χ3n) is 18.4. The van der Waals surface area contributed by atoms with Gasteiger partial charge in [-0.3, -0.25) is 18.6 Å². The van der Waals surface area contributed by atoms with Crippen LogP contribution >= 0.6 is 7.82 Å². The standard InChI is InChI=1S/C92H160NO8P/c1-6-8-10-12-14-16-18-20-22-24-26-28-30-32-34-36-38-40-42-44-46-48-50-52-54-56-58-60-62-64-66-68-70-72-74-76-78-80-82-84-91(94)98-88-90(89-100-102(96,97)99-87-86-93(3,4)5)101-92(95)85-83-81-79-77-75-73-71-69-67-65-63-61-59-57-55-53-51-49-47-45-43-41-39-37-35-33-31-29-27-25-23-21-19-17-15-13-11-9-7-2/h9,11,15,17,21,23-24,26-27,29,33,35,39,41,45,47,51,53,57,59,63,65,69,71,90H,6-8,10,12-14,16,18-20,22,25,28,30-32,34,36-38,40,42-44,46,48-50,52,54-56,58,60-62,64,66-68,70,72-89H2,1-5H3/p+1/b11-9-,17-15-,23-21-,26-24-,29-27-,35-33-,41-39-,47-45-,53-51-,59-57-,65-63-,71-69-. The van der Waals surface area contributed by atoms with E-state index in [1.807, 2.05) is 21.1 Å². The highest BCUT2D eigenvalue weighted by Gasteiger charge is 2.27. The molecule has 0 bridgehead atoms. The molecule has 586 valence electrons. The third kappa shape index (κ3) is 84.8. The number of rotatable bonds is 78. The summed E-state index contributed by atoms with van der Waals surface area (Å²) in [5.41, 5.74) is 0. The summed E-state index contributed by atoms with van der Waals surface area (Å²) in [7, 11) is 1.46. The summed E-state index contributed by atoms with van der Waals surface area (Å²) in [4.78, 5) is 36.0. The number of unbranched alkanes of at least 4 members (excludes halogenated alkanes) is 40. The Morgan fingerprint density at radius 3 is 0.843 bits per heavy atom. The molecule has 0 aliphatic rings. The van der Waals surface area contributed by atoms with E-state index in [0.717, 1.165) is 122 Å². The normalized spacial score (nSPS) is 13.7. The van der Waals surface area contributed by atoms with Crippen molar-refractivity contribution in [3.05, 3.63) is 146 Å². The Morgan fingerprint density at radius 2 is 0.559 bits per heavy atom. The fourth-order valence-electron chi connectivity index (χ4n) is 11.9. The van der Waals surface area contributed by atoms with Crippen molar-refractivity contribution in [2.75, 3.05) is 47.5 Å². The van der Waals surface area contributed by atoms with E-state index < -0.39 is 26.5 Å². The predicted molar refractivity (Wildman–Crippen MR) is 445 cm³/mol. The van der Waals surface area contributed by atoms with Gasteiger partial charge in [-0.25, -0.2) is 4.57 Å². The minimum absolute atomic E-state index is 0.0221. The first kappa shape index (κ1) is 97.9. The molecule has 9 nitrogen and oxygen atoms in total. The van der Waals surface area contributed by atoms with Crippen molar-refractivity contribution in [1.82, 2.24) is 0 Å². The number of allylic oxidation sites excluding steroid dienone is 24. The van der Waals surface area contributed by atoms with Crippen molar-refractivity contribution in [3.63, 3.8) is 0 Å². The van der Waals surface area contributed by atoms with E-state index in [2.05, 4.69) is 160 Å². The summed E-state index contributed by atoms with van der Waals surface area (Å²) in [6, 6.07) is 0. The second-order valence-electron chi connectivity index (χ2n) is 29.5. The maximum atomic E-state index is 12.9. The maximum Gasteiger partial charge on any atom is 0.472 e. The molecule has 2 atom stereocenters. The maximum absolute atomic E-state index is 12.9. The van der Waals surface area contributed by atoms with Crippen LogP contribution in [0.1, 0.15) is 373 Å². The Bertz CT molecular complexity index is 2240. The zero-order valence-electron chi connectivity index (χ0n) is 67.1. The molecule has 0 heterocycles. The van der Waals surface area contributed by atoms with Gasteiger partial charge in [0.2, 0.25) is 0 Å². The van der Waals surface area contributed by atoms with E-state index in [9.17, 15) is 19.0 Å². The van der Waals surface area contributed by atoms with Crippen LogP contribution in [0.5, 0.6) is 0 Å². The lowest BCUT2D eigenvalue weighted by Gasteiger charge is -2.24. The van der Waals surface area contributed by atoms with Crippen LogP contribution in [-0.2, 0) is 32.7 Å². The van der Waals surface area contributed by atoms with Gasteiger partial charge in [-0.05, 0) is 122 Å². The van der Waals surface area contributed by atoms with E-state index in [1.165, 1.54) is 218 Å². The molecule has 0 aromatic rings. The average Bonchev–Trinajstić information content (AvgIpc) is 0.914. The Hall–Kier alpha value is -4.11. The number of carbonyl (C=O) groups excluding carboxylic acids is 2. The van der Waals surface area contributed by atoms with Crippen LogP contribution in [0.25, 0.3) is 0 Å². The average molecular weight is 1440 g/mol. The van der Waals surface area contributed by atoms with Gasteiger partial charge in [-0.2, -0.15) is 0 Å². The minimum atomic E-state index is -4.41. The number of phosphoric acid groups is 1. The SMILES string of the molecule is CC/C=C\C/C=C\C/C=C\C/C=C\C/C=C\C/C=C\C/C=C\C/C=C\C/C=C\C/C=C\C/C=C\CCCCCCCC(=O)OC(COC(=O)CCCCCCCCCCCCCCCCCCCCCCCCCCCCC/C=C\CCCCCCCCCC)COP(=O)(O)OCC[N+](C)(C)C. The number of ether oxygens (including phenoxy) is 2. The number of hydrogen-bond donors (Lipinski definition) is 1. The fourth-order valence-corrected chi connectivity index (χ4v) is 12.6. The topological polar surface area (TPSA) is 108 Å². The molecule has 0 aliphatic carbocycles. The molecule has 0 fully saturated rings. The van der Waals surface area contributed by atoms with E-state index in [-0.39, 0.29) is 32.0 Å². The number of hydrogen-bond acceptors (Lipinski definition) is 7. The second-order valence-corrected chi connectivity index (χ2v) is 30.9. The zero-order valence-corrected chi connectivity index (χ0v) is 68.0. The molecule has 0 aliphatic heterocycles. The van der Waals surface area contributed by atoms with Crippen molar-refractivity contribution in [3.8, 4) is 0 Å². The molecule has 0 saturated carbocycles. The molecule has 0 aromatic heterocycles. The van der Waals surface area contributed by atoms with E-state index in [1.54, 1.807) is 0 Å². The van der Waals surface area contributed by atoms with Gasteiger partial charge in [0.1, 0.15) is 19.8 Å². The lowest BCUT2D eigenvalue weighted by molar-refractivity contribution is -0.870. The van der Waals surface area contributed by atoms with Gasteiger partial charge in [-0.1, -0.05) is 384 Å². The van der Waals surface area contributed by atoms with Crippen LogP contribution < -0.4 is 0 Å². The predicted octanol–water partition coefficient (Wildman–Crippen LogP) is 28.8. The number of phosphoric ester groups is 1. The largest absolute Gasteiger partial charge is 0.472 e. The number of quaternary nitrogens is 1. The number of esters is 2. The molecule has 0 radical (unpaired) electrons. The van der Waals surface area contributed by atoms with Crippen LogP contribution in [0.2, 0.25) is 0 Å². The van der Waals surface area contributed by atoms with Crippen LogP contribution in [0.3, 0.4) is 0 Å². The van der Waals surface area contributed by atoms with E-state index in [4.69, 9.17) is 18.5 Å². The highest BCUT2D eigenvalue weighted by atomic mass is 31.2. The summed E-state index contributed by atoms with van der Waals surface area (Å²) in [5.74, 6) is -0.814. The van der Waals surface area contributed by atoms with E-state index in [0.29, 0.717) is 17.4 Å². The van der Waals surface area contributed by atoms with Gasteiger partial charge in [0.25, 0.3) is 0 Å². The quantitative estimate of drug-likeness (QED) is 0.0211. The minimum Gasteiger partial charge on any atom is -0.462 e. The summed E-state index contributed by atoms with van der Waals surface area (Å²) in [5, 5.41) is 0. The van der Waals surface area contributed by atoms with Gasteiger partial charge in [0.15, 0.2) is 6.10 Å². The highest BCUT2D eigenvalue weighted by molar-refractivity contribution is 7.47. The van der Waals surface area contributed by atoms with Crippen LogP contribution in [0.4, 0.5) is 0 Å². The van der Waals surface area contributed by atoms with Crippen molar-refractivity contribution in [2.24, 2.45) is 0 Å². The lowest BCUT2D eigenvalue weighted by atomic mass is 10.0. The molecular formula is C92H161NO8P+. The Balaban J connectivity index is 4.01. The van der Waals surface area contributed by atoms with Crippen LogP contribution in [-0.4, -0.2) is 74.9 Å². The zero-order chi connectivity index (χ0) is 74.0. The monoisotopic (exact) mass is 1440 g/mol. The summed E-state index contributed by atoms with van der Waals surface area (Å²) in [6.07, 6.45) is 120. The first-order valence-electron chi connectivity index (χ1n) is 42.6. The van der Waals surface area contributed by atoms with E-state index >= 15 is 0 Å². The fraction of sp³-hybridized carbons (Fsp3) is 0.717. The molecule has 102 heavy (non-hydrogen) atoms. The molecule has 0 rings (SSSR count). The molecule has 0 spiro atoms. The first-order valence-corrected chi connectivity index (χ1v) is 44.1. The second kappa shape index (κ2) is 81.0. The molecule has 0 saturated heterocycles. The van der Waals surface area contributed by atoms with Gasteiger partial charge in [0, 0.05) is 12.8 Å². The van der Waals surface area contributed by atoms with Crippen LogP contribution in [0, 0.1) is 0 Å². The summed E-state index contributed by atoms with van der Waals surface area (Å²) < 4.78 is 34.8. The molecule has 2 unspecified atom stereocenters. The van der Waals surface area contributed by atoms with Gasteiger partial charge >= 0.3 is 19.8 Å². The molecule has 0 amide bonds. The van der Waals surface area contributed by atoms with Crippen molar-refractivity contribution in [1.29, 1.82) is 0 Å². The van der Waals surface area contributed by atoms with Gasteiger partial charge < -0.3 is 18.9 Å². The Kier molecular flexibility index (Phi) is 77.7.